The summed E-state index contributed by atoms with van der Waals surface area (Å²) in [5, 5.41) is 11.1. The number of hydrogen-bond donors (Lipinski definition) is 3. The Morgan fingerprint density at radius 1 is 1.28 bits per heavy atom. The highest BCUT2D eigenvalue weighted by Crippen LogP contribution is 2.08. The molecule has 0 aromatic rings. The van der Waals surface area contributed by atoms with E-state index >= 15 is 0 Å². The van der Waals surface area contributed by atoms with Crippen molar-refractivity contribution in [3.63, 3.8) is 0 Å². The largest absolute Gasteiger partial charge is 0.481 e. The lowest BCUT2D eigenvalue weighted by molar-refractivity contribution is -0.138. The van der Waals surface area contributed by atoms with Gasteiger partial charge in [0.25, 0.3) is 0 Å². The van der Waals surface area contributed by atoms with E-state index in [-0.39, 0.29) is 18.9 Å². The molecule has 1 atom stereocenters. The van der Waals surface area contributed by atoms with Gasteiger partial charge in [0.05, 0.1) is 19.6 Å². The number of carboxylic acid groups (broad SMARTS) is 1. The lowest BCUT2D eigenvalue weighted by Crippen LogP contribution is -2.27. The van der Waals surface area contributed by atoms with Gasteiger partial charge in [-0.15, -0.1) is 0 Å². The first-order valence-corrected chi connectivity index (χ1v) is 6.32. The molecule has 0 saturated carbocycles. The molecular formula is C12H24N2O4. The normalized spacial score (nSPS) is 12.1. The minimum Gasteiger partial charge on any atom is -0.481 e. The summed E-state index contributed by atoms with van der Waals surface area (Å²) >= 11 is 0. The van der Waals surface area contributed by atoms with Crippen molar-refractivity contribution in [2.45, 2.75) is 32.6 Å². The van der Waals surface area contributed by atoms with Crippen LogP contribution in [0.1, 0.15) is 32.6 Å². The van der Waals surface area contributed by atoms with Crippen LogP contribution in [0.5, 0.6) is 0 Å². The number of carbonyl (C=O) groups is 2. The number of carbonyl (C=O) groups excluding carboxylic acids is 1. The van der Waals surface area contributed by atoms with Crippen LogP contribution >= 0.6 is 0 Å². The fraction of sp³-hybridized carbons (Fsp3) is 0.833. The number of hydrogen-bond acceptors (Lipinski definition) is 4. The molecule has 0 fully saturated rings. The highest BCUT2D eigenvalue weighted by Gasteiger charge is 2.05. The zero-order chi connectivity index (χ0) is 13.8. The van der Waals surface area contributed by atoms with Gasteiger partial charge in [0.2, 0.25) is 5.91 Å². The van der Waals surface area contributed by atoms with Crippen molar-refractivity contribution in [1.29, 1.82) is 0 Å². The van der Waals surface area contributed by atoms with Gasteiger partial charge < -0.3 is 20.9 Å². The molecule has 0 heterocycles. The van der Waals surface area contributed by atoms with Gasteiger partial charge in [0.15, 0.2) is 0 Å². The number of nitrogens with two attached hydrogens (primary N) is 1. The second-order valence-corrected chi connectivity index (χ2v) is 4.33. The third-order valence-corrected chi connectivity index (χ3v) is 2.55. The maximum absolute atomic E-state index is 11.4. The number of aliphatic carboxylic acids is 1. The Morgan fingerprint density at radius 3 is 2.61 bits per heavy atom. The summed E-state index contributed by atoms with van der Waals surface area (Å²) in [7, 11) is 0. The molecule has 0 saturated heterocycles. The Balaban J connectivity index is 3.34. The standard InChI is InChI=1S/C12H24N2O4/c1-10(4-6-13)2-3-11(15)14-7-9-18-8-5-12(16)17/h10H,2-9,13H2,1H3,(H,14,15)(H,16,17). The van der Waals surface area contributed by atoms with E-state index in [1.165, 1.54) is 0 Å². The van der Waals surface area contributed by atoms with Gasteiger partial charge in [0.1, 0.15) is 0 Å². The van der Waals surface area contributed by atoms with Crippen molar-refractivity contribution in [1.82, 2.24) is 5.32 Å². The van der Waals surface area contributed by atoms with Gasteiger partial charge in [-0.3, -0.25) is 9.59 Å². The minimum atomic E-state index is -0.882. The van der Waals surface area contributed by atoms with Gasteiger partial charge in [-0.25, -0.2) is 0 Å². The maximum Gasteiger partial charge on any atom is 0.305 e. The fourth-order valence-electron chi connectivity index (χ4n) is 1.42. The van der Waals surface area contributed by atoms with E-state index in [1.54, 1.807) is 0 Å². The van der Waals surface area contributed by atoms with Crippen LogP contribution < -0.4 is 11.1 Å². The summed E-state index contributed by atoms with van der Waals surface area (Å²) in [6.07, 6.45) is 2.26. The fourth-order valence-corrected chi connectivity index (χ4v) is 1.42. The molecule has 0 aromatic carbocycles. The molecule has 1 amide bonds. The quantitative estimate of drug-likeness (QED) is 0.465. The van der Waals surface area contributed by atoms with Crippen molar-refractivity contribution in [2.24, 2.45) is 11.7 Å². The average Bonchev–Trinajstić information content (AvgIpc) is 2.31. The van der Waals surface area contributed by atoms with E-state index in [4.69, 9.17) is 15.6 Å². The monoisotopic (exact) mass is 260 g/mol. The zero-order valence-electron chi connectivity index (χ0n) is 11.0. The summed E-state index contributed by atoms with van der Waals surface area (Å²) in [4.78, 5) is 21.6. The van der Waals surface area contributed by atoms with Gasteiger partial charge >= 0.3 is 5.97 Å². The van der Waals surface area contributed by atoms with Crippen LogP contribution in [-0.4, -0.2) is 43.3 Å². The molecule has 0 aliphatic carbocycles. The second kappa shape index (κ2) is 11.0. The zero-order valence-corrected chi connectivity index (χ0v) is 11.0. The van der Waals surface area contributed by atoms with Crippen molar-refractivity contribution in [2.75, 3.05) is 26.3 Å². The summed E-state index contributed by atoms with van der Waals surface area (Å²) in [5.41, 5.74) is 5.42. The number of amides is 1. The van der Waals surface area contributed by atoms with E-state index < -0.39 is 5.97 Å². The Kier molecular flexibility index (Phi) is 10.3. The van der Waals surface area contributed by atoms with Crippen LogP contribution in [0.25, 0.3) is 0 Å². The summed E-state index contributed by atoms with van der Waals surface area (Å²) in [6, 6.07) is 0. The molecule has 0 aromatic heterocycles. The Hall–Kier alpha value is -1.14. The Morgan fingerprint density at radius 2 is 2.00 bits per heavy atom. The van der Waals surface area contributed by atoms with Gasteiger partial charge in [-0.2, -0.15) is 0 Å². The van der Waals surface area contributed by atoms with Gasteiger partial charge in [-0.1, -0.05) is 6.92 Å². The first kappa shape index (κ1) is 16.9. The van der Waals surface area contributed by atoms with Crippen LogP contribution in [0.2, 0.25) is 0 Å². The third kappa shape index (κ3) is 11.3. The van der Waals surface area contributed by atoms with Crippen LogP contribution in [0, 0.1) is 5.92 Å². The lowest BCUT2D eigenvalue weighted by Gasteiger charge is -2.10. The summed E-state index contributed by atoms with van der Waals surface area (Å²) < 4.78 is 5.05. The van der Waals surface area contributed by atoms with Gasteiger partial charge in [0, 0.05) is 13.0 Å². The van der Waals surface area contributed by atoms with E-state index in [1.807, 2.05) is 0 Å². The average molecular weight is 260 g/mol. The highest BCUT2D eigenvalue weighted by atomic mass is 16.5. The maximum atomic E-state index is 11.4. The predicted molar refractivity (Wildman–Crippen MR) is 68.2 cm³/mol. The SMILES string of the molecule is CC(CCN)CCC(=O)NCCOCCC(=O)O. The minimum absolute atomic E-state index is 0.000654. The molecule has 0 aliphatic heterocycles. The van der Waals surface area contributed by atoms with Crippen LogP contribution in [0.4, 0.5) is 0 Å². The molecule has 4 N–H and O–H groups in total. The van der Waals surface area contributed by atoms with E-state index in [2.05, 4.69) is 12.2 Å². The molecule has 6 nitrogen and oxygen atoms in total. The smallest absolute Gasteiger partial charge is 0.305 e. The van der Waals surface area contributed by atoms with E-state index in [0.717, 1.165) is 12.8 Å². The van der Waals surface area contributed by atoms with Crippen molar-refractivity contribution >= 4 is 11.9 Å². The predicted octanol–water partition coefficient (Wildman–Crippen LogP) is 0.359. The molecule has 1 unspecified atom stereocenters. The molecule has 0 rings (SSSR count). The number of rotatable bonds is 11. The van der Waals surface area contributed by atoms with Gasteiger partial charge in [-0.05, 0) is 25.3 Å². The number of nitrogens with one attached hydrogen (secondary N) is 1. The molecule has 0 spiro atoms. The van der Waals surface area contributed by atoms with E-state index in [9.17, 15) is 9.59 Å². The lowest BCUT2D eigenvalue weighted by atomic mass is 10.0. The molecule has 6 heteroatoms. The van der Waals surface area contributed by atoms with Crippen molar-refractivity contribution < 1.29 is 19.4 Å². The van der Waals surface area contributed by atoms with Crippen LogP contribution in [0.15, 0.2) is 0 Å². The molecule has 0 bridgehead atoms. The first-order valence-electron chi connectivity index (χ1n) is 6.32. The second-order valence-electron chi connectivity index (χ2n) is 4.33. The van der Waals surface area contributed by atoms with Crippen LogP contribution in [-0.2, 0) is 14.3 Å². The number of carboxylic acids is 1. The first-order chi connectivity index (χ1) is 8.56. The van der Waals surface area contributed by atoms with E-state index in [0.29, 0.717) is 32.0 Å². The van der Waals surface area contributed by atoms with Crippen LogP contribution in [0.3, 0.4) is 0 Å². The topological polar surface area (TPSA) is 102 Å². The third-order valence-electron chi connectivity index (χ3n) is 2.55. The molecule has 0 radical (unpaired) electrons. The Bertz CT molecular complexity index is 246. The summed E-state index contributed by atoms with van der Waals surface area (Å²) in [6.45, 7) is 3.68. The van der Waals surface area contributed by atoms with Crippen molar-refractivity contribution in [3.05, 3.63) is 0 Å². The summed E-state index contributed by atoms with van der Waals surface area (Å²) in [5.74, 6) is -0.416. The van der Waals surface area contributed by atoms with Crippen molar-refractivity contribution in [3.8, 4) is 0 Å². The Labute approximate surface area is 108 Å². The highest BCUT2D eigenvalue weighted by molar-refractivity contribution is 5.75. The molecule has 106 valence electrons. The number of ether oxygens (including phenoxy) is 1. The molecule has 18 heavy (non-hydrogen) atoms. The molecule has 0 aliphatic rings. The molecular weight excluding hydrogens is 236 g/mol.